The Kier molecular flexibility index (Phi) is 4.67. The molecule has 0 saturated carbocycles. The van der Waals surface area contributed by atoms with E-state index in [0.717, 1.165) is 46.0 Å². The lowest BCUT2D eigenvalue weighted by Gasteiger charge is -2.15. The molecule has 1 fully saturated rings. The number of rotatable bonds is 4. The number of nitrogens with two attached hydrogens (primary N) is 1. The van der Waals surface area contributed by atoms with Crippen molar-refractivity contribution >= 4 is 39.2 Å². The van der Waals surface area contributed by atoms with Gasteiger partial charge in [-0.25, -0.2) is 9.97 Å². The van der Waals surface area contributed by atoms with Crippen molar-refractivity contribution < 1.29 is 0 Å². The monoisotopic (exact) mass is 363 g/mol. The van der Waals surface area contributed by atoms with Crippen molar-refractivity contribution in [2.24, 2.45) is 10.7 Å². The normalized spacial score (nSPS) is 15.4. The second kappa shape index (κ2) is 7.25. The van der Waals surface area contributed by atoms with E-state index in [1.807, 2.05) is 12.3 Å². The molecule has 1 aliphatic rings. The minimum atomic E-state index is 0.818. The minimum absolute atomic E-state index is 0.818. The third-order valence-electron chi connectivity index (χ3n) is 4.58. The first kappa shape index (κ1) is 16.7. The van der Waals surface area contributed by atoms with Crippen LogP contribution in [0.4, 0.5) is 5.82 Å². The summed E-state index contributed by atoms with van der Waals surface area (Å²) in [4.78, 5) is 16.9. The summed E-state index contributed by atoms with van der Waals surface area (Å²) in [6, 6.07) is 10.5. The van der Waals surface area contributed by atoms with Gasteiger partial charge in [-0.2, -0.15) is 0 Å². The standard InChI is InChI=1S/C20H21N5S/c1-22-12-15(11-21)16-5-6-18-17(24-16)10-19(26-18)14-4-7-20(23-13-14)25-8-2-3-9-25/h4-7,10-13H,2-3,8-9,21H2,1H3. The molecule has 4 rings (SSSR count). The van der Waals surface area contributed by atoms with Crippen molar-refractivity contribution in [1.29, 1.82) is 0 Å². The van der Waals surface area contributed by atoms with Crippen molar-refractivity contribution in [3.63, 3.8) is 0 Å². The molecule has 132 valence electrons. The Balaban J connectivity index is 1.64. The van der Waals surface area contributed by atoms with Gasteiger partial charge in [0.05, 0.1) is 15.9 Å². The number of anilines is 1. The minimum Gasteiger partial charge on any atom is -0.404 e. The van der Waals surface area contributed by atoms with Gasteiger partial charge >= 0.3 is 0 Å². The number of aromatic nitrogens is 2. The fourth-order valence-electron chi connectivity index (χ4n) is 3.23. The lowest BCUT2D eigenvalue weighted by atomic mass is 10.2. The summed E-state index contributed by atoms with van der Waals surface area (Å²) in [6.45, 7) is 2.22. The van der Waals surface area contributed by atoms with E-state index in [4.69, 9.17) is 10.7 Å². The van der Waals surface area contributed by atoms with E-state index in [1.54, 1.807) is 24.6 Å². The van der Waals surface area contributed by atoms with Gasteiger partial charge < -0.3 is 10.6 Å². The Labute approximate surface area is 156 Å². The van der Waals surface area contributed by atoms with Gasteiger partial charge in [-0.05, 0) is 43.2 Å². The largest absolute Gasteiger partial charge is 0.404 e. The number of hydrogen-bond donors (Lipinski definition) is 1. The Morgan fingerprint density at radius 3 is 2.77 bits per heavy atom. The molecule has 0 unspecified atom stereocenters. The number of aliphatic imine (C=N–C) groups is 1. The van der Waals surface area contributed by atoms with Gasteiger partial charge in [-0.3, -0.25) is 4.99 Å². The third kappa shape index (κ3) is 3.20. The molecule has 2 N–H and O–H groups in total. The van der Waals surface area contributed by atoms with Crippen LogP contribution >= 0.6 is 11.3 Å². The number of allylic oxidation sites excluding steroid dienone is 1. The Bertz CT molecular complexity index is 966. The summed E-state index contributed by atoms with van der Waals surface area (Å²) >= 11 is 1.73. The fourth-order valence-corrected chi connectivity index (χ4v) is 4.22. The van der Waals surface area contributed by atoms with Crippen molar-refractivity contribution in [1.82, 2.24) is 9.97 Å². The second-order valence-corrected chi connectivity index (χ2v) is 7.38. The molecule has 0 spiro atoms. The van der Waals surface area contributed by atoms with Crippen molar-refractivity contribution in [2.75, 3.05) is 25.0 Å². The molecule has 4 heterocycles. The molecule has 0 radical (unpaired) electrons. The van der Waals surface area contributed by atoms with Crippen LogP contribution in [-0.4, -0.2) is 36.3 Å². The maximum absolute atomic E-state index is 5.69. The lowest BCUT2D eigenvalue weighted by molar-refractivity contribution is 0.938. The maximum Gasteiger partial charge on any atom is 0.128 e. The Hall–Kier alpha value is -2.73. The predicted octanol–water partition coefficient (Wildman–Crippen LogP) is 3.96. The van der Waals surface area contributed by atoms with Crippen LogP contribution in [0.5, 0.6) is 0 Å². The van der Waals surface area contributed by atoms with Gasteiger partial charge in [0.2, 0.25) is 0 Å². The van der Waals surface area contributed by atoms with Gasteiger partial charge in [0.1, 0.15) is 5.82 Å². The molecule has 0 aliphatic carbocycles. The highest BCUT2D eigenvalue weighted by Gasteiger charge is 2.14. The molecule has 1 saturated heterocycles. The van der Waals surface area contributed by atoms with E-state index < -0.39 is 0 Å². The summed E-state index contributed by atoms with van der Waals surface area (Å²) in [5.74, 6) is 1.07. The summed E-state index contributed by atoms with van der Waals surface area (Å²) in [7, 11) is 1.73. The number of hydrogen-bond acceptors (Lipinski definition) is 6. The average molecular weight is 363 g/mol. The Morgan fingerprint density at radius 1 is 1.23 bits per heavy atom. The maximum atomic E-state index is 5.69. The van der Waals surface area contributed by atoms with Gasteiger partial charge in [0, 0.05) is 54.8 Å². The van der Waals surface area contributed by atoms with E-state index in [9.17, 15) is 0 Å². The molecule has 0 bridgehead atoms. The van der Waals surface area contributed by atoms with E-state index in [1.165, 1.54) is 23.9 Å². The smallest absolute Gasteiger partial charge is 0.128 e. The first-order valence-corrected chi connectivity index (χ1v) is 9.56. The molecule has 26 heavy (non-hydrogen) atoms. The highest BCUT2D eigenvalue weighted by atomic mass is 32.1. The molecule has 3 aromatic heterocycles. The first-order chi connectivity index (χ1) is 12.8. The topological polar surface area (TPSA) is 67.4 Å². The van der Waals surface area contributed by atoms with Crippen molar-refractivity contribution in [3.8, 4) is 10.4 Å². The number of thiophene rings is 1. The molecular weight excluding hydrogens is 342 g/mol. The van der Waals surface area contributed by atoms with Crippen molar-refractivity contribution in [2.45, 2.75) is 12.8 Å². The molecule has 0 aromatic carbocycles. The fraction of sp³-hybridized carbons (Fsp3) is 0.250. The first-order valence-electron chi connectivity index (χ1n) is 8.75. The van der Waals surface area contributed by atoms with Crippen LogP contribution in [0.15, 0.2) is 47.7 Å². The van der Waals surface area contributed by atoms with Crippen LogP contribution in [0.1, 0.15) is 18.5 Å². The molecule has 0 amide bonds. The lowest BCUT2D eigenvalue weighted by Crippen LogP contribution is -2.18. The van der Waals surface area contributed by atoms with Crippen LogP contribution in [0.25, 0.3) is 26.2 Å². The Morgan fingerprint density at radius 2 is 2.08 bits per heavy atom. The van der Waals surface area contributed by atoms with E-state index in [0.29, 0.717) is 0 Å². The second-order valence-electron chi connectivity index (χ2n) is 6.30. The quantitative estimate of drug-likeness (QED) is 0.713. The van der Waals surface area contributed by atoms with Crippen LogP contribution < -0.4 is 10.6 Å². The zero-order valence-corrected chi connectivity index (χ0v) is 15.5. The van der Waals surface area contributed by atoms with Gasteiger partial charge in [-0.15, -0.1) is 11.3 Å². The molecule has 3 aromatic rings. The summed E-state index contributed by atoms with van der Waals surface area (Å²) < 4.78 is 1.15. The molecule has 5 nitrogen and oxygen atoms in total. The third-order valence-corrected chi connectivity index (χ3v) is 5.72. The highest BCUT2D eigenvalue weighted by Crippen LogP contribution is 2.33. The van der Waals surface area contributed by atoms with Crippen LogP contribution in [0.3, 0.4) is 0 Å². The van der Waals surface area contributed by atoms with Gasteiger partial charge in [0.15, 0.2) is 0 Å². The number of fused-ring (bicyclic) bond motifs is 1. The van der Waals surface area contributed by atoms with Crippen LogP contribution in [0, 0.1) is 0 Å². The predicted molar refractivity (Wildman–Crippen MR) is 111 cm³/mol. The van der Waals surface area contributed by atoms with Crippen molar-refractivity contribution in [3.05, 3.63) is 48.4 Å². The number of pyridine rings is 2. The SMILES string of the molecule is CN=CC(=CN)c1ccc2sc(-c3ccc(N4CCCC4)nc3)cc2n1. The average Bonchev–Trinajstić information content (AvgIpc) is 3.35. The summed E-state index contributed by atoms with van der Waals surface area (Å²) in [6.07, 6.45) is 7.75. The molecule has 6 heteroatoms. The number of nitrogens with zero attached hydrogens (tertiary/aromatic N) is 4. The zero-order chi connectivity index (χ0) is 17.9. The highest BCUT2D eigenvalue weighted by molar-refractivity contribution is 7.22. The summed E-state index contributed by atoms with van der Waals surface area (Å²) in [5, 5.41) is 0. The van der Waals surface area contributed by atoms with E-state index in [2.05, 4.69) is 39.1 Å². The van der Waals surface area contributed by atoms with Crippen LogP contribution in [0.2, 0.25) is 0 Å². The van der Waals surface area contributed by atoms with Crippen LogP contribution in [-0.2, 0) is 0 Å². The molecule has 0 atom stereocenters. The molecular formula is C20H21N5S. The van der Waals surface area contributed by atoms with Gasteiger partial charge in [-0.1, -0.05) is 0 Å². The van der Waals surface area contributed by atoms with Gasteiger partial charge in [0.25, 0.3) is 0 Å². The zero-order valence-electron chi connectivity index (χ0n) is 14.7. The van der Waals surface area contributed by atoms with E-state index >= 15 is 0 Å². The summed E-state index contributed by atoms with van der Waals surface area (Å²) in [5.41, 5.74) is 9.44. The molecule has 1 aliphatic heterocycles. The van der Waals surface area contributed by atoms with E-state index in [-0.39, 0.29) is 0 Å².